The highest BCUT2D eigenvalue weighted by molar-refractivity contribution is 7.15. The van der Waals surface area contributed by atoms with Crippen molar-refractivity contribution in [3.63, 3.8) is 0 Å². The zero-order valence-electron chi connectivity index (χ0n) is 14.1. The van der Waals surface area contributed by atoms with Gasteiger partial charge in [0.2, 0.25) is 10.9 Å². The number of nitrogens with zero attached hydrogens (tertiary/aromatic N) is 3. The highest BCUT2D eigenvalue weighted by Crippen LogP contribution is 2.22. The Kier molecular flexibility index (Phi) is 5.04. The largest absolute Gasteiger partial charge is 0.465 e. The van der Waals surface area contributed by atoms with E-state index in [1.165, 1.54) is 17.4 Å². The average molecular weight is 399 g/mol. The van der Waals surface area contributed by atoms with Crippen LogP contribution in [0.25, 0.3) is 22.4 Å². The second-order valence-electron chi connectivity index (χ2n) is 5.75. The van der Waals surface area contributed by atoms with Gasteiger partial charge in [0, 0.05) is 35.0 Å². The first-order valence-electron chi connectivity index (χ1n) is 8.27. The van der Waals surface area contributed by atoms with E-state index in [2.05, 4.69) is 15.4 Å². The van der Waals surface area contributed by atoms with Crippen LogP contribution in [0, 0.1) is 0 Å². The highest BCUT2D eigenvalue weighted by Gasteiger charge is 2.11. The van der Waals surface area contributed by atoms with Crippen molar-refractivity contribution in [1.29, 1.82) is 0 Å². The third-order valence-electron chi connectivity index (χ3n) is 3.87. The van der Waals surface area contributed by atoms with E-state index in [0.717, 1.165) is 16.2 Å². The van der Waals surface area contributed by atoms with Gasteiger partial charge in [-0.1, -0.05) is 11.6 Å². The summed E-state index contributed by atoms with van der Waals surface area (Å²) in [6, 6.07) is 11.0. The van der Waals surface area contributed by atoms with Gasteiger partial charge in [-0.25, -0.2) is 4.52 Å². The van der Waals surface area contributed by atoms with Crippen molar-refractivity contribution < 1.29 is 9.21 Å². The maximum atomic E-state index is 11.9. The number of thiazole rings is 1. The average Bonchev–Trinajstić information content (AvgIpc) is 3.39. The molecule has 0 unspecified atom stereocenters. The summed E-state index contributed by atoms with van der Waals surface area (Å²) in [4.78, 5) is 17.2. The molecular formula is C19H15ClN4O2S. The van der Waals surface area contributed by atoms with Crippen LogP contribution in [0.15, 0.2) is 58.5 Å². The zero-order valence-corrected chi connectivity index (χ0v) is 15.7. The van der Waals surface area contributed by atoms with Crippen molar-refractivity contribution in [2.24, 2.45) is 0 Å². The van der Waals surface area contributed by atoms with Crippen LogP contribution in [0.1, 0.15) is 11.5 Å². The van der Waals surface area contributed by atoms with Crippen molar-refractivity contribution in [3.05, 3.63) is 70.6 Å². The van der Waals surface area contributed by atoms with Gasteiger partial charge < -0.3 is 9.73 Å². The molecule has 0 atom stereocenters. The number of carbonyl (C=O) groups is 1. The maximum Gasteiger partial charge on any atom is 0.244 e. The van der Waals surface area contributed by atoms with Crippen molar-refractivity contribution in [2.45, 2.75) is 6.42 Å². The third kappa shape index (κ3) is 4.10. The zero-order chi connectivity index (χ0) is 18.6. The van der Waals surface area contributed by atoms with Crippen molar-refractivity contribution in [3.8, 4) is 11.4 Å². The first-order chi connectivity index (χ1) is 13.2. The molecular weight excluding hydrogens is 384 g/mol. The Bertz CT molecular complexity index is 1080. The SMILES string of the molecule is O=C(C=Cc1ccco1)NCCc1csc2nc(-c3ccc(Cl)cc3)nn12. The third-order valence-corrected chi connectivity index (χ3v) is 4.99. The summed E-state index contributed by atoms with van der Waals surface area (Å²) in [6.45, 7) is 0.503. The van der Waals surface area contributed by atoms with Gasteiger partial charge in [0.1, 0.15) is 5.76 Å². The first-order valence-corrected chi connectivity index (χ1v) is 9.53. The Balaban J connectivity index is 1.39. The van der Waals surface area contributed by atoms with Crippen LogP contribution in [0.5, 0.6) is 0 Å². The molecule has 0 radical (unpaired) electrons. The molecule has 0 bridgehead atoms. The summed E-state index contributed by atoms with van der Waals surface area (Å²) in [5.41, 5.74) is 1.91. The van der Waals surface area contributed by atoms with Gasteiger partial charge in [0.25, 0.3) is 0 Å². The van der Waals surface area contributed by atoms with E-state index in [1.807, 2.05) is 34.2 Å². The lowest BCUT2D eigenvalue weighted by Gasteiger charge is -2.01. The number of nitrogens with one attached hydrogen (secondary N) is 1. The lowest BCUT2D eigenvalue weighted by molar-refractivity contribution is -0.116. The number of hydrogen-bond donors (Lipinski definition) is 1. The fourth-order valence-electron chi connectivity index (χ4n) is 2.53. The molecule has 1 N–H and O–H groups in total. The van der Waals surface area contributed by atoms with Crippen LogP contribution in [-0.2, 0) is 11.2 Å². The normalized spacial score (nSPS) is 11.4. The summed E-state index contributed by atoms with van der Waals surface area (Å²) in [6.07, 6.45) is 5.31. The Labute approximate surface area is 164 Å². The van der Waals surface area contributed by atoms with Gasteiger partial charge in [0.15, 0.2) is 5.82 Å². The predicted molar refractivity (Wildman–Crippen MR) is 106 cm³/mol. The molecule has 8 heteroatoms. The second-order valence-corrected chi connectivity index (χ2v) is 7.03. The van der Waals surface area contributed by atoms with Crippen LogP contribution < -0.4 is 5.32 Å². The Hall–Kier alpha value is -2.90. The Morgan fingerprint density at radius 1 is 1.30 bits per heavy atom. The van der Waals surface area contributed by atoms with Gasteiger partial charge in [-0.3, -0.25) is 4.79 Å². The standard InChI is InChI=1S/C19H15ClN4O2S/c20-14-5-3-13(4-6-14)18-22-19-24(23-18)15(12-27-19)9-10-21-17(25)8-7-16-2-1-11-26-16/h1-8,11-12H,9-10H2,(H,21,25). The Morgan fingerprint density at radius 2 is 2.15 bits per heavy atom. The summed E-state index contributed by atoms with van der Waals surface area (Å²) in [5.74, 6) is 1.13. The molecule has 4 rings (SSSR count). The second kappa shape index (κ2) is 7.77. The van der Waals surface area contributed by atoms with Crippen LogP contribution in [-0.4, -0.2) is 27.0 Å². The van der Waals surface area contributed by atoms with Crippen LogP contribution in [0.2, 0.25) is 5.02 Å². The van der Waals surface area contributed by atoms with Gasteiger partial charge in [0.05, 0.1) is 12.0 Å². The number of halogens is 1. The molecule has 1 aromatic carbocycles. The summed E-state index contributed by atoms with van der Waals surface area (Å²) >= 11 is 7.45. The maximum absolute atomic E-state index is 11.9. The van der Waals surface area contributed by atoms with E-state index in [9.17, 15) is 4.79 Å². The molecule has 0 aliphatic rings. The van der Waals surface area contributed by atoms with Gasteiger partial charge in [-0.2, -0.15) is 4.98 Å². The summed E-state index contributed by atoms with van der Waals surface area (Å²) in [7, 11) is 0. The minimum absolute atomic E-state index is 0.168. The smallest absolute Gasteiger partial charge is 0.244 e. The monoisotopic (exact) mass is 398 g/mol. The molecule has 27 heavy (non-hydrogen) atoms. The van der Waals surface area contributed by atoms with E-state index in [1.54, 1.807) is 24.5 Å². The summed E-state index contributed by atoms with van der Waals surface area (Å²) in [5, 5.41) is 10.1. The fourth-order valence-corrected chi connectivity index (χ4v) is 3.52. The van der Waals surface area contributed by atoms with Crippen LogP contribution in [0.3, 0.4) is 0 Å². The molecule has 0 saturated heterocycles. The molecule has 0 fully saturated rings. The quantitative estimate of drug-likeness (QED) is 0.497. The van der Waals surface area contributed by atoms with E-state index in [0.29, 0.717) is 29.6 Å². The first kappa shape index (κ1) is 17.5. The Morgan fingerprint density at radius 3 is 2.93 bits per heavy atom. The summed E-state index contributed by atoms with van der Waals surface area (Å²) < 4.78 is 6.97. The molecule has 136 valence electrons. The lowest BCUT2D eigenvalue weighted by Crippen LogP contribution is -2.23. The van der Waals surface area contributed by atoms with Crippen LogP contribution in [0.4, 0.5) is 0 Å². The molecule has 6 nitrogen and oxygen atoms in total. The number of furan rings is 1. The number of benzene rings is 1. The molecule has 3 aromatic heterocycles. The molecule has 0 aliphatic carbocycles. The molecule has 4 aromatic rings. The number of amides is 1. The minimum Gasteiger partial charge on any atom is -0.465 e. The van der Waals surface area contributed by atoms with Gasteiger partial charge in [-0.15, -0.1) is 16.4 Å². The number of fused-ring (bicyclic) bond motifs is 1. The molecule has 3 heterocycles. The van der Waals surface area contributed by atoms with Crippen LogP contribution >= 0.6 is 22.9 Å². The topological polar surface area (TPSA) is 72.4 Å². The number of hydrogen-bond acceptors (Lipinski definition) is 5. The van der Waals surface area contributed by atoms with Crippen molar-refractivity contribution >= 4 is 39.9 Å². The van der Waals surface area contributed by atoms with Gasteiger partial charge in [-0.05, 0) is 42.5 Å². The molecule has 0 saturated carbocycles. The van der Waals surface area contributed by atoms with E-state index in [-0.39, 0.29) is 5.91 Å². The van der Waals surface area contributed by atoms with Crippen molar-refractivity contribution in [2.75, 3.05) is 6.54 Å². The number of carbonyl (C=O) groups excluding carboxylic acids is 1. The molecule has 0 spiro atoms. The lowest BCUT2D eigenvalue weighted by atomic mass is 10.2. The van der Waals surface area contributed by atoms with E-state index in [4.69, 9.17) is 16.0 Å². The number of rotatable bonds is 6. The molecule has 0 aliphatic heterocycles. The fraction of sp³-hybridized carbons (Fsp3) is 0.105. The molecule has 1 amide bonds. The van der Waals surface area contributed by atoms with E-state index >= 15 is 0 Å². The highest BCUT2D eigenvalue weighted by atomic mass is 35.5. The van der Waals surface area contributed by atoms with Gasteiger partial charge >= 0.3 is 0 Å². The van der Waals surface area contributed by atoms with Crippen molar-refractivity contribution in [1.82, 2.24) is 19.9 Å². The minimum atomic E-state index is -0.168. The predicted octanol–water partition coefficient (Wildman–Crippen LogP) is 4.08. The number of aromatic nitrogens is 3. The van der Waals surface area contributed by atoms with E-state index < -0.39 is 0 Å².